The summed E-state index contributed by atoms with van der Waals surface area (Å²) in [7, 11) is 1.69. The number of hydrogen-bond donors (Lipinski definition) is 2. The van der Waals surface area contributed by atoms with Crippen LogP contribution in [0.4, 0.5) is 11.6 Å². The van der Waals surface area contributed by atoms with E-state index in [0.717, 1.165) is 5.56 Å². The van der Waals surface area contributed by atoms with Gasteiger partial charge >= 0.3 is 0 Å². The molecule has 0 spiro atoms. The van der Waals surface area contributed by atoms with Crippen molar-refractivity contribution in [1.29, 1.82) is 0 Å². The molecule has 0 fully saturated rings. The summed E-state index contributed by atoms with van der Waals surface area (Å²) in [5.41, 5.74) is 8.91. The normalized spacial score (nSPS) is 10.9. The zero-order valence-corrected chi connectivity index (χ0v) is 21.2. The Morgan fingerprint density at radius 2 is 1.79 bits per heavy atom. The minimum atomic E-state index is -0.476. The standard InChI is InChI=1S/C27H23N7O3S/c1-33(26(37)18-5-3-2-4-6-18)19-7-8-22-20(15-19)31-27(34(22)14-11-23(28)35)32-24(36)21-16-38-25(30-21)17-9-12-29-13-10-17/h2-10,12-13,15-16H,11,14H2,1H3,(H2,28,35)(H,31,32,36). The molecule has 0 radical (unpaired) electrons. The van der Waals surface area contributed by atoms with Gasteiger partial charge in [-0.1, -0.05) is 18.2 Å². The second-order valence-electron chi connectivity index (χ2n) is 8.43. The zero-order valence-electron chi connectivity index (χ0n) is 20.4. The van der Waals surface area contributed by atoms with E-state index >= 15 is 0 Å². The number of anilines is 2. The Bertz CT molecular complexity index is 1630. The molecule has 5 rings (SSSR count). The molecule has 0 saturated carbocycles. The smallest absolute Gasteiger partial charge is 0.277 e. The predicted molar refractivity (Wildman–Crippen MR) is 146 cm³/mol. The molecule has 11 heteroatoms. The minimum Gasteiger partial charge on any atom is -0.370 e. The number of carbonyl (C=O) groups excluding carboxylic acids is 3. The Morgan fingerprint density at radius 1 is 1.03 bits per heavy atom. The third-order valence-corrected chi connectivity index (χ3v) is 6.81. The fourth-order valence-electron chi connectivity index (χ4n) is 3.93. The number of aromatic nitrogens is 4. The van der Waals surface area contributed by atoms with Gasteiger partial charge in [-0.2, -0.15) is 0 Å². The Kier molecular flexibility index (Phi) is 6.92. The Labute approximate surface area is 221 Å². The Balaban J connectivity index is 1.44. The number of fused-ring (bicyclic) bond motifs is 1. The largest absolute Gasteiger partial charge is 0.370 e. The van der Waals surface area contributed by atoms with E-state index in [-0.39, 0.29) is 30.5 Å². The van der Waals surface area contributed by atoms with Gasteiger partial charge in [0.15, 0.2) is 0 Å². The van der Waals surface area contributed by atoms with Gasteiger partial charge in [-0.15, -0.1) is 11.3 Å². The molecular weight excluding hydrogens is 502 g/mol. The number of benzene rings is 2. The van der Waals surface area contributed by atoms with Gasteiger partial charge in [0.2, 0.25) is 11.9 Å². The van der Waals surface area contributed by atoms with E-state index in [0.29, 0.717) is 27.3 Å². The molecule has 0 aliphatic carbocycles. The van der Waals surface area contributed by atoms with E-state index in [1.807, 2.05) is 30.3 Å². The molecule has 0 aliphatic heterocycles. The molecule has 2 aromatic carbocycles. The summed E-state index contributed by atoms with van der Waals surface area (Å²) < 4.78 is 1.72. The summed E-state index contributed by atoms with van der Waals surface area (Å²) in [6.07, 6.45) is 3.39. The SMILES string of the molecule is CN(C(=O)c1ccccc1)c1ccc2c(c1)nc(NC(=O)c1csc(-c3ccncc3)n1)n2CCC(N)=O. The molecule has 3 amide bonds. The number of nitrogens with zero attached hydrogens (tertiary/aromatic N) is 5. The van der Waals surface area contributed by atoms with Gasteiger partial charge in [0, 0.05) is 54.6 Å². The van der Waals surface area contributed by atoms with Crippen molar-refractivity contribution in [2.75, 3.05) is 17.3 Å². The maximum absolute atomic E-state index is 13.1. The third kappa shape index (κ3) is 5.13. The molecule has 5 aromatic rings. The summed E-state index contributed by atoms with van der Waals surface area (Å²) in [5.74, 6) is -0.830. The van der Waals surface area contributed by atoms with E-state index < -0.39 is 11.8 Å². The lowest BCUT2D eigenvalue weighted by molar-refractivity contribution is -0.118. The average Bonchev–Trinajstić information content (AvgIpc) is 3.57. The summed E-state index contributed by atoms with van der Waals surface area (Å²) in [4.78, 5) is 52.1. The number of aryl methyl sites for hydroxylation is 1. The highest BCUT2D eigenvalue weighted by atomic mass is 32.1. The predicted octanol–water partition coefficient (Wildman–Crippen LogP) is 3.96. The maximum Gasteiger partial charge on any atom is 0.277 e. The van der Waals surface area contributed by atoms with Crippen LogP contribution >= 0.6 is 11.3 Å². The monoisotopic (exact) mass is 525 g/mol. The number of thiazole rings is 1. The van der Waals surface area contributed by atoms with Gasteiger partial charge in [-0.3, -0.25) is 24.7 Å². The van der Waals surface area contributed by atoms with Crippen LogP contribution in [0.3, 0.4) is 0 Å². The minimum absolute atomic E-state index is 0.0609. The summed E-state index contributed by atoms with van der Waals surface area (Å²) >= 11 is 1.35. The van der Waals surface area contributed by atoms with E-state index in [9.17, 15) is 14.4 Å². The highest BCUT2D eigenvalue weighted by molar-refractivity contribution is 7.13. The molecule has 3 heterocycles. The lowest BCUT2D eigenvalue weighted by Gasteiger charge is -2.17. The number of nitrogens with one attached hydrogen (secondary N) is 1. The molecular formula is C27H23N7O3S. The third-order valence-electron chi connectivity index (χ3n) is 5.92. The first-order chi connectivity index (χ1) is 18.4. The number of nitrogens with two attached hydrogens (primary N) is 1. The second kappa shape index (κ2) is 10.6. The number of carbonyl (C=O) groups is 3. The van der Waals surface area contributed by atoms with Gasteiger partial charge in [0.05, 0.1) is 11.0 Å². The summed E-state index contributed by atoms with van der Waals surface area (Å²) in [5, 5.41) is 5.17. The van der Waals surface area contributed by atoms with Crippen LogP contribution in [0.15, 0.2) is 78.4 Å². The Morgan fingerprint density at radius 3 is 2.53 bits per heavy atom. The van der Waals surface area contributed by atoms with Crippen LogP contribution in [0.25, 0.3) is 21.6 Å². The lowest BCUT2D eigenvalue weighted by Crippen LogP contribution is -2.26. The molecule has 38 heavy (non-hydrogen) atoms. The highest BCUT2D eigenvalue weighted by Gasteiger charge is 2.20. The molecule has 0 aliphatic rings. The van der Waals surface area contributed by atoms with Gasteiger partial charge in [0.1, 0.15) is 10.7 Å². The fourth-order valence-corrected chi connectivity index (χ4v) is 4.74. The number of primary amides is 1. The molecule has 0 saturated heterocycles. The van der Waals surface area contributed by atoms with Crippen LogP contribution in [0, 0.1) is 0 Å². The van der Waals surface area contributed by atoms with Crippen LogP contribution in [0.1, 0.15) is 27.3 Å². The van der Waals surface area contributed by atoms with E-state index in [4.69, 9.17) is 5.73 Å². The second-order valence-corrected chi connectivity index (χ2v) is 9.29. The van der Waals surface area contributed by atoms with Crippen LogP contribution in [0.2, 0.25) is 0 Å². The molecule has 3 aromatic heterocycles. The molecule has 0 unspecified atom stereocenters. The first-order valence-corrected chi connectivity index (χ1v) is 12.6. The zero-order chi connectivity index (χ0) is 26.6. The number of imidazole rings is 1. The van der Waals surface area contributed by atoms with Crippen molar-refractivity contribution in [3.63, 3.8) is 0 Å². The molecule has 0 bridgehead atoms. The van der Waals surface area contributed by atoms with E-state index in [1.54, 1.807) is 59.7 Å². The van der Waals surface area contributed by atoms with Crippen molar-refractivity contribution in [3.8, 4) is 10.6 Å². The molecule has 10 nitrogen and oxygen atoms in total. The van der Waals surface area contributed by atoms with E-state index in [1.165, 1.54) is 16.2 Å². The number of rotatable bonds is 8. The average molecular weight is 526 g/mol. The maximum atomic E-state index is 13.1. The first kappa shape index (κ1) is 24.8. The van der Waals surface area contributed by atoms with Crippen molar-refractivity contribution < 1.29 is 14.4 Å². The van der Waals surface area contributed by atoms with Crippen LogP contribution in [-0.4, -0.2) is 44.3 Å². The number of hydrogen-bond acceptors (Lipinski definition) is 7. The van der Waals surface area contributed by atoms with Crippen molar-refractivity contribution in [2.24, 2.45) is 5.73 Å². The summed E-state index contributed by atoms with van der Waals surface area (Å²) in [6, 6.07) is 18.0. The molecule has 0 atom stereocenters. The highest BCUT2D eigenvalue weighted by Crippen LogP contribution is 2.27. The van der Waals surface area contributed by atoms with E-state index in [2.05, 4.69) is 20.3 Å². The lowest BCUT2D eigenvalue weighted by atomic mass is 10.2. The van der Waals surface area contributed by atoms with Gasteiger partial charge in [-0.05, 0) is 42.5 Å². The van der Waals surface area contributed by atoms with Crippen molar-refractivity contribution in [1.82, 2.24) is 19.5 Å². The fraction of sp³-hybridized carbons (Fsp3) is 0.111. The van der Waals surface area contributed by atoms with Crippen LogP contribution in [0.5, 0.6) is 0 Å². The molecule has 190 valence electrons. The number of pyridine rings is 1. The Hall–Kier alpha value is -4.90. The quantitative estimate of drug-likeness (QED) is 0.315. The van der Waals surface area contributed by atoms with Crippen LogP contribution in [-0.2, 0) is 11.3 Å². The van der Waals surface area contributed by atoms with Gasteiger partial charge < -0.3 is 15.2 Å². The van der Waals surface area contributed by atoms with Crippen molar-refractivity contribution in [2.45, 2.75) is 13.0 Å². The van der Waals surface area contributed by atoms with Crippen molar-refractivity contribution >= 4 is 51.7 Å². The summed E-state index contributed by atoms with van der Waals surface area (Å²) in [6.45, 7) is 0.221. The first-order valence-electron chi connectivity index (χ1n) is 11.7. The molecule has 3 N–H and O–H groups in total. The van der Waals surface area contributed by atoms with Gasteiger partial charge in [-0.25, -0.2) is 9.97 Å². The number of amides is 3. The van der Waals surface area contributed by atoms with Crippen molar-refractivity contribution in [3.05, 3.63) is 89.7 Å². The van der Waals surface area contributed by atoms with Gasteiger partial charge in [0.25, 0.3) is 11.8 Å². The topological polar surface area (TPSA) is 136 Å². The van der Waals surface area contributed by atoms with Crippen LogP contribution < -0.4 is 16.0 Å².